The summed E-state index contributed by atoms with van der Waals surface area (Å²) in [6.45, 7) is 1.92. The molecule has 0 unspecified atom stereocenters. The number of benzene rings is 2. The highest BCUT2D eigenvalue weighted by Gasteiger charge is 2.16. The van der Waals surface area contributed by atoms with Crippen LogP contribution < -0.4 is 10.1 Å². The number of halogens is 1. The molecular formula is C24H16ClN7O. The smallest absolute Gasteiger partial charge is 0.250 e. The second kappa shape index (κ2) is 8.57. The molecule has 0 bridgehead atoms. The summed E-state index contributed by atoms with van der Waals surface area (Å²) in [5, 5.41) is 12.6. The van der Waals surface area contributed by atoms with Crippen molar-refractivity contribution in [2.75, 3.05) is 5.32 Å². The first-order chi connectivity index (χ1) is 16.1. The lowest BCUT2D eigenvalue weighted by atomic mass is 10.0. The summed E-state index contributed by atoms with van der Waals surface area (Å²) in [6, 6.07) is 16.7. The van der Waals surface area contributed by atoms with Crippen LogP contribution in [0.25, 0.3) is 22.3 Å². The summed E-state index contributed by atoms with van der Waals surface area (Å²) in [6.07, 6.45) is 5.00. The Morgan fingerprint density at radius 2 is 1.82 bits per heavy atom. The summed E-state index contributed by atoms with van der Waals surface area (Å²) >= 11 is 6.61. The number of pyridine rings is 1. The molecule has 0 radical (unpaired) electrons. The number of anilines is 2. The van der Waals surface area contributed by atoms with Gasteiger partial charge in [0.2, 0.25) is 5.95 Å². The molecule has 0 amide bonds. The van der Waals surface area contributed by atoms with Gasteiger partial charge in [-0.2, -0.15) is 15.2 Å². The van der Waals surface area contributed by atoms with Gasteiger partial charge in [0, 0.05) is 18.1 Å². The number of nitriles is 1. The third-order valence-electron chi connectivity index (χ3n) is 4.96. The van der Waals surface area contributed by atoms with Crippen molar-refractivity contribution in [3.05, 3.63) is 83.4 Å². The Labute approximate surface area is 193 Å². The van der Waals surface area contributed by atoms with Crippen molar-refractivity contribution in [3.63, 3.8) is 0 Å². The normalized spacial score (nSPS) is 10.7. The van der Waals surface area contributed by atoms with Crippen LogP contribution in [-0.2, 0) is 0 Å². The topological polar surface area (TPSA) is 112 Å². The number of rotatable bonds is 5. The van der Waals surface area contributed by atoms with Crippen molar-refractivity contribution in [1.29, 1.82) is 5.26 Å². The van der Waals surface area contributed by atoms with Crippen molar-refractivity contribution in [1.82, 2.24) is 24.9 Å². The fraction of sp³-hybridized carbons (Fsp3) is 0.0417. The number of H-pyrrole nitrogens is 1. The Morgan fingerprint density at radius 3 is 2.55 bits per heavy atom. The minimum Gasteiger partial charge on any atom is -0.435 e. The van der Waals surface area contributed by atoms with Crippen LogP contribution in [0.4, 0.5) is 11.6 Å². The van der Waals surface area contributed by atoms with Crippen molar-refractivity contribution < 1.29 is 4.74 Å². The maximum Gasteiger partial charge on any atom is 0.250 e. The summed E-state index contributed by atoms with van der Waals surface area (Å²) in [7, 11) is 0. The molecule has 0 saturated heterocycles. The Bertz CT molecular complexity index is 1470. The molecule has 0 atom stereocenters. The van der Waals surface area contributed by atoms with Gasteiger partial charge < -0.3 is 15.0 Å². The van der Waals surface area contributed by atoms with E-state index in [9.17, 15) is 0 Å². The highest BCUT2D eigenvalue weighted by atomic mass is 35.5. The largest absolute Gasteiger partial charge is 0.435 e. The van der Waals surface area contributed by atoms with Crippen molar-refractivity contribution in [2.24, 2.45) is 0 Å². The molecule has 0 aliphatic carbocycles. The predicted molar refractivity (Wildman–Crippen MR) is 126 cm³/mol. The van der Waals surface area contributed by atoms with Gasteiger partial charge in [-0.05, 0) is 72.1 Å². The van der Waals surface area contributed by atoms with E-state index in [2.05, 4.69) is 36.3 Å². The maximum atomic E-state index is 8.98. The summed E-state index contributed by atoms with van der Waals surface area (Å²) in [5.74, 6) is 1.08. The van der Waals surface area contributed by atoms with Crippen molar-refractivity contribution in [2.45, 2.75) is 6.92 Å². The quantitative estimate of drug-likeness (QED) is 0.346. The number of aromatic nitrogens is 5. The van der Waals surface area contributed by atoms with E-state index in [-0.39, 0.29) is 5.88 Å². The van der Waals surface area contributed by atoms with Crippen LogP contribution in [0.2, 0.25) is 5.02 Å². The number of hydrogen-bond acceptors (Lipinski definition) is 7. The highest BCUT2D eigenvalue weighted by Crippen LogP contribution is 2.38. The number of nitrogens with zero attached hydrogens (tertiary/aromatic N) is 5. The van der Waals surface area contributed by atoms with Crippen molar-refractivity contribution in [3.8, 4) is 28.8 Å². The van der Waals surface area contributed by atoms with E-state index < -0.39 is 0 Å². The molecule has 8 nitrogen and oxygen atoms in total. The van der Waals surface area contributed by atoms with E-state index in [1.54, 1.807) is 36.7 Å². The zero-order chi connectivity index (χ0) is 22.8. The average molecular weight is 454 g/mol. The van der Waals surface area contributed by atoms with Crippen LogP contribution >= 0.6 is 11.6 Å². The molecule has 9 heteroatoms. The third-order valence-corrected chi connectivity index (χ3v) is 5.25. The van der Waals surface area contributed by atoms with Gasteiger partial charge in [-0.25, -0.2) is 4.98 Å². The molecule has 0 fully saturated rings. The molecular weight excluding hydrogens is 438 g/mol. The molecule has 2 aromatic carbocycles. The van der Waals surface area contributed by atoms with E-state index >= 15 is 0 Å². The number of fused-ring (bicyclic) bond motifs is 1. The zero-order valence-corrected chi connectivity index (χ0v) is 18.1. The van der Waals surface area contributed by atoms with E-state index in [1.807, 2.05) is 31.2 Å². The molecule has 33 heavy (non-hydrogen) atoms. The monoisotopic (exact) mass is 453 g/mol. The maximum absolute atomic E-state index is 8.98. The number of nitrogens with one attached hydrogen (secondary N) is 2. The van der Waals surface area contributed by atoms with Gasteiger partial charge in [0.15, 0.2) is 11.4 Å². The Morgan fingerprint density at radius 1 is 1.03 bits per heavy atom. The Balaban J connectivity index is 1.50. The Kier molecular flexibility index (Phi) is 5.30. The van der Waals surface area contributed by atoms with E-state index in [0.717, 1.165) is 22.4 Å². The fourth-order valence-corrected chi connectivity index (χ4v) is 3.67. The van der Waals surface area contributed by atoms with Crippen LogP contribution in [-0.4, -0.2) is 24.9 Å². The summed E-state index contributed by atoms with van der Waals surface area (Å²) in [5.41, 5.74) is 5.10. The lowest BCUT2D eigenvalue weighted by molar-refractivity contribution is 0.465. The lowest BCUT2D eigenvalue weighted by Crippen LogP contribution is -2.01. The minimum absolute atomic E-state index is 0.287. The highest BCUT2D eigenvalue weighted by molar-refractivity contribution is 6.32. The lowest BCUT2D eigenvalue weighted by Gasteiger charge is -2.13. The number of aromatic amines is 1. The number of hydrogen-bond donors (Lipinski definition) is 2. The molecule has 0 spiro atoms. The van der Waals surface area contributed by atoms with Gasteiger partial charge in [-0.3, -0.25) is 4.98 Å². The molecule has 5 rings (SSSR count). The average Bonchev–Trinajstić information content (AvgIpc) is 3.31. The van der Waals surface area contributed by atoms with Gasteiger partial charge in [0.05, 0.1) is 23.0 Å². The molecule has 0 saturated carbocycles. The zero-order valence-electron chi connectivity index (χ0n) is 17.4. The van der Waals surface area contributed by atoms with E-state index in [1.165, 1.54) is 6.33 Å². The van der Waals surface area contributed by atoms with Crippen LogP contribution in [0.5, 0.6) is 11.6 Å². The van der Waals surface area contributed by atoms with Gasteiger partial charge in [0.25, 0.3) is 5.88 Å². The third kappa shape index (κ3) is 4.18. The summed E-state index contributed by atoms with van der Waals surface area (Å²) in [4.78, 5) is 20.3. The first-order valence-electron chi connectivity index (χ1n) is 9.97. The van der Waals surface area contributed by atoms with E-state index in [4.69, 9.17) is 21.6 Å². The van der Waals surface area contributed by atoms with Crippen LogP contribution in [0.1, 0.15) is 11.1 Å². The number of aryl methyl sites for hydroxylation is 1. The van der Waals surface area contributed by atoms with Gasteiger partial charge in [0.1, 0.15) is 5.52 Å². The first-order valence-corrected chi connectivity index (χ1v) is 10.4. The minimum atomic E-state index is 0.287. The molecule has 5 aromatic rings. The standard InChI is InChI=1S/C24H16ClN7O/c1-14-10-17(16-6-8-27-9-7-16)11-19(25)21(14)33-23-20-22(29-13-28-20)31-24(32-23)30-18-4-2-15(12-26)3-5-18/h2-11,13H,1H3,(H2,28,29,30,31,32). The number of imidazole rings is 1. The van der Waals surface area contributed by atoms with Crippen LogP contribution in [0.3, 0.4) is 0 Å². The van der Waals surface area contributed by atoms with Crippen molar-refractivity contribution >= 4 is 34.4 Å². The fourth-order valence-electron chi connectivity index (χ4n) is 3.36. The molecule has 3 aromatic heterocycles. The van der Waals surface area contributed by atoms with Gasteiger partial charge >= 0.3 is 0 Å². The molecule has 3 heterocycles. The predicted octanol–water partition coefficient (Wildman–Crippen LogP) is 5.78. The van der Waals surface area contributed by atoms with Crippen LogP contribution in [0.15, 0.2) is 67.3 Å². The number of ether oxygens (including phenoxy) is 1. The van der Waals surface area contributed by atoms with Gasteiger partial charge in [-0.15, -0.1) is 0 Å². The first kappa shape index (κ1) is 20.4. The van der Waals surface area contributed by atoms with Gasteiger partial charge in [-0.1, -0.05) is 11.6 Å². The molecule has 0 aliphatic heterocycles. The summed E-state index contributed by atoms with van der Waals surface area (Å²) < 4.78 is 6.17. The Hall–Kier alpha value is -4.48. The second-order valence-electron chi connectivity index (χ2n) is 7.21. The molecule has 2 N–H and O–H groups in total. The second-order valence-corrected chi connectivity index (χ2v) is 7.62. The van der Waals surface area contributed by atoms with Crippen LogP contribution in [0, 0.1) is 18.3 Å². The van der Waals surface area contributed by atoms with E-state index in [0.29, 0.717) is 33.4 Å². The SMILES string of the molecule is Cc1cc(-c2ccncc2)cc(Cl)c1Oc1nc(Nc2ccc(C#N)cc2)nc2nc[nH]c12. The molecule has 0 aliphatic rings. The molecule has 160 valence electrons.